The maximum absolute atomic E-state index is 12.5. The highest BCUT2D eigenvalue weighted by atomic mass is 35.5. The van der Waals surface area contributed by atoms with Crippen molar-refractivity contribution in [2.75, 3.05) is 11.1 Å². The van der Waals surface area contributed by atoms with Crippen LogP contribution in [0.25, 0.3) is 20.8 Å². The third-order valence-corrected chi connectivity index (χ3v) is 8.03. The van der Waals surface area contributed by atoms with Gasteiger partial charge in [-0.3, -0.25) is 4.79 Å². The van der Waals surface area contributed by atoms with Crippen LogP contribution in [0.3, 0.4) is 0 Å². The number of fused-ring (bicyclic) bond motifs is 1. The second-order valence-electron chi connectivity index (χ2n) is 8.56. The second kappa shape index (κ2) is 10.9. The van der Waals surface area contributed by atoms with E-state index in [9.17, 15) is 4.79 Å². The number of rotatable bonds is 8. The van der Waals surface area contributed by atoms with Gasteiger partial charge < -0.3 is 14.6 Å². The Morgan fingerprint density at radius 1 is 1.08 bits per heavy atom. The van der Waals surface area contributed by atoms with E-state index in [0.717, 1.165) is 33.1 Å². The van der Waals surface area contributed by atoms with Crippen molar-refractivity contribution in [3.05, 3.63) is 82.6 Å². The third kappa shape index (κ3) is 5.95. The van der Waals surface area contributed by atoms with Crippen LogP contribution in [-0.2, 0) is 18.4 Å². The number of hydrogen-bond acceptors (Lipinski definition) is 7. The Morgan fingerprint density at radius 2 is 1.89 bits per heavy atom. The lowest BCUT2D eigenvalue weighted by Gasteiger charge is -2.09. The summed E-state index contributed by atoms with van der Waals surface area (Å²) in [4.78, 5) is 17.3. The average Bonchev–Trinajstić information content (AvgIpc) is 3.45. The Hall–Kier alpha value is -3.40. The largest absolute Gasteiger partial charge is 0.485 e. The molecule has 5 rings (SSSR count). The average molecular weight is 550 g/mol. The maximum Gasteiger partial charge on any atom is 0.234 e. The van der Waals surface area contributed by atoms with Gasteiger partial charge in [0.05, 0.1) is 16.0 Å². The molecule has 1 amide bonds. The second-order valence-corrected chi connectivity index (χ2v) is 11.0. The van der Waals surface area contributed by atoms with E-state index in [4.69, 9.17) is 21.3 Å². The number of nitrogens with one attached hydrogen (secondary N) is 1. The van der Waals surface area contributed by atoms with Crippen molar-refractivity contribution in [1.29, 1.82) is 0 Å². The molecule has 0 radical (unpaired) electrons. The maximum atomic E-state index is 12.5. The topological polar surface area (TPSA) is 81.9 Å². The minimum absolute atomic E-state index is 0.120. The minimum Gasteiger partial charge on any atom is -0.485 e. The zero-order chi connectivity index (χ0) is 25.9. The monoisotopic (exact) mass is 549 g/mol. The number of nitrogens with zero attached hydrogens (tertiary/aromatic N) is 4. The van der Waals surface area contributed by atoms with Gasteiger partial charge >= 0.3 is 0 Å². The predicted octanol–water partition coefficient (Wildman–Crippen LogP) is 6.67. The summed E-state index contributed by atoms with van der Waals surface area (Å²) in [6, 6.07) is 19.5. The van der Waals surface area contributed by atoms with Gasteiger partial charge in [0.1, 0.15) is 17.4 Å². The van der Waals surface area contributed by atoms with Crippen LogP contribution < -0.4 is 10.1 Å². The molecule has 7 nitrogen and oxygen atoms in total. The van der Waals surface area contributed by atoms with Crippen LogP contribution in [0.15, 0.2) is 65.8 Å². The van der Waals surface area contributed by atoms with Crippen LogP contribution in [0, 0.1) is 13.8 Å². The highest BCUT2D eigenvalue weighted by molar-refractivity contribution is 7.99. The molecule has 0 saturated carbocycles. The molecule has 0 bridgehead atoms. The lowest BCUT2D eigenvalue weighted by molar-refractivity contribution is -0.113. The number of benzene rings is 3. The molecule has 0 aliphatic heterocycles. The molecule has 0 fully saturated rings. The molecule has 0 aliphatic carbocycles. The quantitative estimate of drug-likeness (QED) is 0.218. The van der Waals surface area contributed by atoms with Gasteiger partial charge in [-0.1, -0.05) is 29.4 Å². The number of hydrogen-bond donors (Lipinski definition) is 1. The van der Waals surface area contributed by atoms with Crippen molar-refractivity contribution < 1.29 is 9.53 Å². The summed E-state index contributed by atoms with van der Waals surface area (Å²) in [5, 5.41) is 13.6. The van der Waals surface area contributed by atoms with Gasteiger partial charge in [0, 0.05) is 23.3 Å². The Labute approximate surface area is 227 Å². The fourth-order valence-electron chi connectivity index (χ4n) is 3.69. The van der Waals surface area contributed by atoms with Crippen molar-refractivity contribution in [1.82, 2.24) is 19.7 Å². The smallest absolute Gasteiger partial charge is 0.234 e. The van der Waals surface area contributed by atoms with E-state index >= 15 is 0 Å². The van der Waals surface area contributed by atoms with Gasteiger partial charge in [0.15, 0.2) is 11.0 Å². The minimum atomic E-state index is -0.120. The van der Waals surface area contributed by atoms with Crippen LogP contribution in [-0.4, -0.2) is 31.4 Å². The molecular formula is C27H24ClN5O2S2. The molecule has 2 aromatic heterocycles. The van der Waals surface area contributed by atoms with Gasteiger partial charge in [0.25, 0.3) is 0 Å². The Kier molecular flexibility index (Phi) is 7.45. The van der Waals surface area contributed by atoms with E-state index < -0.39 is 0 Å². The van der Waals surface area contributed by atoms with Gasteiger partial charge in [0.2, 0.25) is 5.91 Å². The molecule has 0 saturated heterocycles. The van der Waals surface area contributed by atoms with Crippen LogP contribution in [0.4, 0.5) is 5.69 Å². The van der Waals surface area contributed by atoms with Crippen LogP contribution in [0.5, 0.6) is 5.75 Å². The van der Waals surface area contributed by atoms with Gasteiger partial charge in [-0.2, -0.15) is 0 Å². The number of carbonyl (C=O) groups excluding carboxylic acids is 1. The number of aryl methyl sites for hydroxylation is 2. The van der Waals surface area contributed by atoms with E-state index in [1.54, 1.807) is 17.4 Å². The lowest BCUT2D eigenvalue weighted by Crippen LogP contribution is -2.14. The summed E-state index contributed by atoms with van der Waals surface area (Å²) in [6.45, 7) is 4.28. The fraction of sp³-hybridized carbons (Fsp3) is 0.185. The third-order valence-electron chi connectivity index (χ3n) is 5.71. The highest BCUT2D eigenvalue weighted by Crippen LogP contribution is 2.31. The van der Waals surface area contributed by atoms with Crippen molar-refractivity contribution in [2.45, 2.75) is 25.6 Å². The molecule has 1 N–H and O–H groups in total. The number of ether oxygens (including phenoxy) is 1. The van der Waals surface area contributed by atoms with E-state index in [-0.39, 0.29) is 18.3 Å². The van der Waals surface area contributed by atoms with Crippen molar-refractivity contribution in [2.24, 2.45) is 7.05 Å². The number of aromatic nitrogens is 4. The molecule has 0 unspecified atom stereocenters. The Bertz CT molecular complexity index is 1580. The number of thiazole rings is 1. The Morgan fingerprint density at radius 3 is 2.68 bits per heavy atom. The molecule has 0 spiro atoms. The van der Waals surface area contributed by atoms with Crippen LogP contribution in [0.2, 0.25) is 5.02 Å². The van der Waals surface area contributed by atoms with E-state index in [0.29, 0.717) is 16.0 Å². The van der Waals surface area contributed by atoms with E-state index in [1.165, 1.54) is 22.0 Å². The van der Waals surface area contributed by atoms with Gasteiger partial charge in [-0.05, 0) is 79.6 Å². The Balaban J connectivity index is 1.15. The van der Waals surface area contributed by atoms with Crippen LogP contribution in [0.1, 0.15) is 17.0 Å². The molecule has 2 heterocycles. The first-order chi connectivity index (χ1) is 17.9. The fourth-order valence-corrected chi connectivity index (χ4v) is 5.72. The van der Waals surface area contributed by atoms with Crippen molar-refractivity contribution >= 4 is 56.5 Å². The molecule has 188 valence electrons. The number of halogens is 1. The van der Waals surface area contributed by atoms with E-state index in [1.807, 2.05) is 61.0 Å². The van der Waals surface area contributed by atoms with Gasteiger partial charge in [-0.15, -0.1) is 21.5 Å². The highest BCUT2D eigenvalue weighted by Gasteiger charge is 2.13. The predicted molar refractivity (Wildman–Crippen MR) is 151 cm³/mol. The summed E-state index contributed by atoms with van der Waals surface area (Å²) in [7, 11) is 1.86. The molecule has 3 aromatic carbocycles. The number of thioether (sulfide) groups is 1. The molecule has 10 heteroatoms. The summed E-state index contributed by atoms with van der Waals surface area (Å²) < 4.78 is 8.87. The first kappa shape index (κ1) is 25.3. The first-order valence-corrected chi connectivity index (χ1v) is 13.7. The van der Waals surface area contributed by atoms with E-state index in [2.05, 4.69) is 34.6 Å². The summed E-state index contributed by atoms with van der Waals surface area (Å²) in [6.07, 6.45) is 0. The summed E-state index contributed by atoms with van der Waals surface area (Å²) in [5.74, 6) is 1.50. The number of anilines is 1. The van der Waals surface area contributed by atoms with Crippen LogP contribution >= 0.6 is 34.7 Å². The SMILES string of the molecule is Cc1ccc2nc(-c3ccc(NC(=O)CSc4nnc(COc5ccc(Cl)cc5C)n4C)cc3)sc2c1. The zero-order valence-electron chi connectivity index (χ0n) is 20.5. The summed E-state index contributed by atoms with van der Waals surface area (Å²) >= 11 is 8.99. The number of amides is 1. The molecular weight excluding hydrogens is 526 g/mol. The van der Waals surface area contributed by atoms with Crippen molar-refractivity contribution in [3.8, 4) is 16.3 Å². The molecule has 0 aliphatic rings. The summed E-state index contributed by atoms with van der Waals surface area (Å²) in [5.41, 5.74) is 4.92. The number of carbonyl (C=O) groups is 1. The first-order valence-electron chi connectivity index (χ1n) is 11.5. The standard InChI is InChI=1S/C27H24ClN5O2S2/c1-16-4-10-21-23(12-16)37-26(30-21)18-5-8-20(9-6-18)29-25(34)15-36-27-32-31-24(33(27)3)14-35-22-11-7-19(28)13-17(22)2/h4-13H,14-15H2,1-3H3,(H,29,34). The molecule has 5 aromatic rings. The molecule has 37 heavy (non-hydrogen) atoms. The van der Waals surface area contributed by atoms with Crippen molar-refractivity contribution in [3.63, 3.8) is 0 Å². The molecule has 0 atom stereocenters. The normalized spacial score (nSPS) is 11.1. The van der Waals surface area contributed by atoms with Gasteiger partial charge in [-0.25, -0.2) is 4.98 Å². The zero-order valence-corrected chi connectivity index (χ0v) is 22.9. The lowest BCUT2D eigenvalue weighted by atomic mass is 10.2.